The van der Waals surface area contributed by atoms with Crippen LogP contribution in [-0.2, 0) is 4.79 Å². The molecule has 3 nitrogen and oxygen atoms in total. The average molecular weight is 171 g/mol. The molecule has 60 valence electrons. The van der Waals surface area contributed by atoms with Gasteiger partial charge in [0.2, 0.25) is 0 Å². The van der Waals surface area contributed by atoms with E-state index in [0.29, 0.717) is 0 Å². The van der Waals surface area contributed by atoms with Gasteiger partial charge in [-0.25, -0.2) is 0 Å². The number of nitrogens with zero attached hydrogens (tertiary/aromatic N) is 1. The van der Waals surface area contributed by atoms with Crippen molar-refractivity contribution in [1.29, 1.82) is 0 Å². The molecule has 0 aliphatic carbocycles. The molecule has 11 heavy (non-hydrogen) atoms. The van der Waals surface area contributed by atoms with Gasteiger partial charge in [-0.3, -0.25) is 4.79 Å². The Morgan fingerprint density at radius 3 is 2.82 bits per heavy atom. The Morgan fingerprint density at radius 2 is 2.27 bits per heavy atom. The first kappa shape index (κ1) is 8.36. The van der Waals surface area contributed by atoms with E-state index in [9.17, 15) is 4.79 Å². The molecule has 0 aromatic carbocycles. The third kappa shape index (κ3) is 1.32. The Balaban J connectivity index is 3.01. The summed E-state index contributed by atoms with van der Waals surface area (Å²) in [6.07, 6.45) is 0.263. The number of likely N-dealkylation sites (N-methyl/N-ethyl adjacent to an activating group) is 1. The molecule has 1 heterocycles. The maximum absolute atomic E-state index is 10.9. The van der Waals surface area contributed by atoms with Crippen LogP contribution in [0, 0.1) is 0 Å². The lowest BCUT2D eigenvalue weighted by Gasteiger charge is -2.27. The van der Waals surface area contributed by atoms with Crippen LogP contribution in [0.5, 0.6) is 0 Å². The molecule has 0 amide bonds. The number of aliphatic hydroxyl groups is 1. The van der Waals surface area contributed by atoms with Crippen LogP contribution in [0.1, 0.15) is 6.92 Å². The van der Waals surface area contributed by atoms with Crippen molar-refractivity contribution in [3.05, 3.63) is 11.8 Å². The summed E-state index contributed by atoms with van der Waals surface area (Å²) in [5.74, 6) is -0.328. The van der Waals surface area contributed by atoms with E-state index in [-0.39, 0.29) is 10.8 Å². The summed E-state index contributed by atoms with van der Waals surface area (Å²) in [7, 11) is 1.73. The number of aliphatic hydroxyl groups excluding tert-OH is 1. The van der Waals surface area contributed by atoms with Gasteiger partial charge in [0, 0.05) is 18.8 Å². The number of ketones is 1. The Morgan fingerprint density at radius 1 is 1.73 bits per heavy atom. The smallest absolute Gasteiger partial charge is 0.192 e. The molecule has 1 rings (SSSR count). The SMILES string of the molecule is CC1=CC(=O)C(O)C(=S)N1C. The summed E-state index contributed by atoms with van der Waals surface area (Å²) in [6, 6.07) is 0. The van der Waals surface area contributed by atoms with Gasteiger partial charge < -0.3 is 10.0 Å². The highest BCUT2D eigenvalue weighted by Gasteiger charge is 2.26. The highest BCUT2D eigenvalue weighted by molar-refractivity contribution is 7.80. The van der Waals surface area contributed by atoms with Gasteiger partial charge in [0.25, 0.3) is 0 Å². The summed E-state index contributed by atoms with van der Waals surface area (Å²) < 4.78 is 0. The van der Waals surface area contributed by atoms with Crippen molar-refractivity contribution in [2.75, 3.05) is 7.05 Å². The minimum atomic E-state index is -1.13. The van der Waals surface area contributed by atoms with E-state index in [0.717, 1.165) is 5.70 Å². The molecule has 0 fully saturated rings. The zero-order chi connectivity index (χ0) is 8.59. The van der Waals surface area contributed by atoms with Crippen molar-refractivity contribution in [3.8, 4) is 0 Å². The van der Waals surface area contributed by atoms with Crippen LogP contribution in [0.15, 0.2) is 11.8 Å². The van der Waals surface area contributed by atoms with Gasteiger partial charge >= 0.3 is 0 Å². The second kappa shape index (κ2) is 2.71. The molecule has 0 saturated carbocycles. The number of hydrogen-bond donors (Lipinski definition) is 1. The molecule has 0 saturated heterocycles. The summed E-state index contributed by atoms with van der Waals surface area (Å²) in [5, 5.41) is 9.16. The highest BCUT2D eigenvalue weighted by atomic mass is 32.1. The van der Waals surface area contributed by atoms with Gasteiger partial charge in [0.15, 0.2) is 11.9 Å². The van der Waals surface area contributed by atoms with Crippen molar-refractivity contribution in [1.82, 2.24) is 4.90 Å². The van der Waals surface area contributed by atoms with E-state index >= 15 is 0 Å². The molecule has 0 radical (unpaired) electrons. The van der Waals surface area contributed by atoms with E-state index in [1.807, 2.05) is 0 Å². The number of carbonyl (C=O) groups excluding carboxylic acids is 1. The van der Waals surface area contributed by atoms with Gasteiger partial charge in [-0.05, 0) is 6.92 Å². The van der Waals surface area contributed by atoms with Gasteiger partial charge in [0.05, 0.1) is 0 Å². The van der Waals surface area contributed by atoms with Crippen LogP contribution < -0.4 is 0 Å². The number of thiocarbonyl (C=S) groups is 1. The summed E-state index contributed by atoms with van der Waals surface area (Å²) in [6.45, 7) is 1.77. The van der Waals surface area contributed by atoms with Crippen LogP contribution in [0.4, 0.5) is 0 Å². The fourth-order valence-electron chi connectivity index (χ4n) is 0.861. The third-order valence-corrected chi connectivity index (χ3v) is 2.21. The largest absolute Gasteiger partial charge is 0.378 e. The number of rotatable bonds is 0. The van der Waals surface area contributed by atoms with Gasteiger partial charge in [-0.2, -0.15) is 0 Å². The van der Waals surface area contributed by atoms with Crippen molar-refractivity contribution in [2.24, 2.45) is 0 Å². The van der Waals surface area contributed by atoms with Gasteiger partial charge in [-0.1, -0.05) is 12.2 Å². The van der Waals surface area contributed by atoms with E-state index in [4.69, 9.17) is 17.3 Å². The maximum atomic E-state index is 10.9. The summed E-state index contributed by atoms with van der Waals surface area (Å²) in [4.78, 5) is 12.8. The van der Waals surface area contributed by atoms with Crippen LogP contribution in [0.2, 0.25) is 0 Å². The van der Waals surface area contributed by atoms with Crippen LogP contribution >= 0.6 is 12.2 Å². The fourth-order valence-corrected chi connectivity index (χ4v) is 1.12. The Kier molecular flexibility index (Phi) is 2.06. The first-order valence-electron chi connectivity index (χ1n) is 3.22. The van der Waals surface area contributed by atoms with Crippen molar-refractivity contribution < 1.29 is 9.90 Å². The maximum Gasteiger partial charge on any atom is 0.192 e. The fraction of sp³-hybridized carbons (Fsp3) is 0.429. The van der Waals surface area contributed by atoms with Crippen LogP contribution in [0.3, 0.4) is 0 Å². The zero-order valence-electron chi connectivity index (χ0n) is 6.37. The number of hydrogen-bond acceptors (Lipinski definition) is 3. The molecule has 0 bridgehead atoms. The lowest BCUT2D eigenvalue weighted by Crippen LogP contribution is -2.42. The van der Waals surface area contributed by atoms with Crippen LogP contribution in [-0.4, -0.2) is 33.9 Å². The normalized spacial score (nSPS) is 25.5. The first-order valence-corrected chi connectivity index (χ1v) is 3.62. The lowest BCUT2D eigenvalue weighted by atomic mass is 10.1. The molecule has 0 spiro atoms. The van der Waals surface area contributed by atoms with Crippen LogP contribution in [0.25, 0.3) is 0 Å². The monoisotopic (exact) mass is 171 g/mol. The highest BCUT2D eigenvalue weighted by Crippen LogP contribution is 2.12. The Bertz CT molecular complexity index is 247. The molecule has 0 aromatic heterocycles. The van der Waals surface area contributed by atoms with Gasteiger partial charge in [-0.15, -0.1) is 0 Å². The quantitative estimate of drug-likeness (QED) is 0.524. The summed E-state index contributed by atoms with van der Waals surface area (Å²) in [5.41, 5.74) is 0.769. The minimum Gasteiger partial charge on any atom is -0.378 e. The standard InChI is InChI=1S/C7H9NO2S/c1-4-3-5(9)6(10)7(11)8(4)2/h3,6,10H,1-2H3. The van der Waals surface area contributed by atoms with Crippen molar-refractivity contribution in [3.63, 3.8) is 0 Å². The Labute approximate surface area is 70.3 Å². The first-order chi connectivity index (χ1) is 5.04. The van der Waals surface area contributed by atoms with E-state index in [1.165, 1.54) is 6.08 Å². The van der Waals surface area contributed by atoms with Crippen molar-refractivity contribution in [2.45, 2.75) is 13.0 Å². The summed E-state index contributed by atoms with van der Waals surface area (Å²) >= 11 is 4.82. The molecule has 0 aromatic rings. The van der Waals surface area contributed by atoms with Crippen molar-refractivity contribution >= 4 is 23.0 Å². The number of allylic oxidation sites excluding steroid dienone is 1. The molecular weight excluding hydrogens is 162 g/mol. The Hall–Kier alpha value is -0.740. The topological polar surface area (TPSA) is 40.5 Å². The van der Waals surface area contributed by atoms with Gasteiger partial charge in [0.1, 0.15) is 4.99 Å². The zero-order valence-corrected chi connectivity index (χ0v) is 7.18. The molecule has 1 atom stereocenters. The molecule has 1 aliphatic rings. The van der Waals surface area contributed by atoms with E-state index < -0.39 is 6.10 Å². The molecular formula is C7H9NO2S. The molecule has 1 N–H and O–H groups in total. The lowest BCUT2D eigenvalue weighted by molar-refractivity contribution is -0.120. The van der Waals surface area contributed by atoms with E-state index in [1.54, 1.807) is 18.9 Å². The molecule has 1 unspecified atom stereocenters. The minimum absolute atomic E-state index is 0.273. The van der Waals surface area contributed by atoms with E-state index in [2.05, 4.69) is 0 Å². The third-order valence-electron chi connectivity index (χ3n) is 1.71. The predicted molar refractivity (Wildman–Crippen MR) is 45.1 cm³/mol. The number of carbonyl (C=O) groups is 1. The molecule has 1 aliphatic heterocycles. The predicted octanol–water partition coefficient (Wildman–Crippen LogP) is 0.0930. The molecule has 4 heteroatoms. The average Bonchev–Trinajstić information content (AvgIpc) is 1.97. The second-order valence-corrected chi connectivity index (χ2v) is 2.91. The second-order valence-electron chi connectivity index (χ2n) is 2.49.